The number of benzene rings is 2. The third-order valence-corrected chi connectivity index (χ3v) is 5.73. The molecule has 0 atom stereocenters. The summed E-state index contributed by atoms with van der Waals surface area (Å²) in [6.07, 6.45) is 0. The van der Waals surface area contributed by atoms with E-state index in [2.05, 4.69) is 40.5 Å². The quantitative estimate of drug-likeness (QED) is 0.368. The van der Waals surface area contributed by atoms with Crippen molar-refractivity contribution < 1.29 is 0 Å². The van der Waals surface area contributed by atoms with Crippen LogP contribution in [0.4, 0.5) is 0 Å². The Morgan fingerprint density at radius 3 is 2.38 bits per heavy atom. The highest BCUT2D eigenvalue weighted by molar-refractivity contribution is 7.18. The number of thiophene rings is 1. The van der Waals surface area contributed by atoms with E-state index in [1.54, 1.807) is 11.3 Å². The molecule has 2 aromatic carbocycles. The number of fused-ring (bicyclic) bond motifs is 2. The zero-order chi connectivity index (χ0) is 17.5. The van der Waals surface area contributed by atoms with E-state index in [4.69, 9.17) is 16.6 Å². The highest BCUT2D eigenvalue weighted by Crippen LogP contribution is 2.37. The molecule has 0 spiro atoms. The number of halogens is 1. The molecule has 5 heteroatoms. The molecule has 0 N–H and O–H groups in total. The second kappa shape index (κ2) is 6.16. The van der Waals surface area contributed by atoms with E-state index in [9.17, 15) is 0 Å². The van der Waals surface area contributed by atoms with Crippen LogP contribution in [-0.2, 0) is 0 Å². The number of pyridine rings is 1. The van der Waals surface area contributed by atoms with Crippen molar-refractivity contribution in [3.63, 3.8) is 0 Å². The van der Waals surface area contributed by atoms with Gasteiger partial charge >= 0.3 is 0 Å². The Bertz CT molecular complexity index is 1260. The third-order valence-electron chi connectivity index (χ3n) is 4.33. The minimum absolute atomic E-state index is 0.428. The first-order valence-corrected chi connectivity index (χ1v) is 9.36. The summed E-state index contributed by atoms with van der Waals surface area (Å²) in [5.74, 6) is 0. The van der Waals surface area contributed by atoms with Crippen molar-refractivity contribution in [1.29, 1.82) is 0 Å². The number of aromatic nitrogens is 3. The summed E-state index contributed by atoms with van der Waals surface area (Å²) in [5, 5.41) is 11.9. The number of hydrogen-bond donors (Lipinski definition) is 0. The monoisotopic (exact) mass is 373 g/mol. The van der Waals surface area contributed by atoms with Gasteiger partial charge in [-0.2, -0.15) is 0 Å². The van der Waals surface area contributed by atoms with Crippen LogP contribution in [-0.4, -0.2) is 15.2 Å². The van der Waals surface area contributed by atoms with Crippen molar-refractivity contribution in [1.82, 2.24) is 15.2 Å². The summed E-state index contributed by atoms with van der Waals surface area (Å²) in [5.41, 5.74) is 2.81. The molecule has 0 radical (unpaired) electrons. The molecule has 26 heavy (non-hydrogen) atoms. The van der Waals surface area contributed by atoms with Crippen LogP contribution in [0.3, 0.4) is 0 Å². The summed E-state index contributed by atoms with van der Waals surface area (Å²) in [7, 11) is 0. The minimum atomic E-state index is 0.428. The average molecular weight is 374 g/mol. The molecule has 3 nitrogen and oxygen atoms in total. The van der Waals surface area contributed by atoms with E-state index in [1.807, 2.05) is 42.5 Å². The summed E-state index contributed by atoms with van der Waals surface area (Å²) < 4.78 is 0. The molecule has 0 aliphatic carbocycles. The first-order chi connectivity index (χ1) is 12.8. The minimum Gasteiger partial charge on any atom is -0.247 e. The number of para-hydroxylation sites is 1. The van der Waals surface area contributed by atoms with Gasteiger partial charge in [0.05, 0.1) is 21.0 Å². The van der Waals surface area contributed by atoms with Crippen molar-refractivity contribution in [2.75, 3.05) is 0 Å². The van der Waals surface area contributed by atoms with E-state index in [0.29, 0.717) is 5.15 Å². The van der Waals surface area contributed by atoms with Gasteiger partial charge in [-0.25, -0.2) is 4.98 Å². The number of nitrogens with zero attached hydrogens (tertiary/aromatic N) is 3. The Hall–Kier alpha value is -2.82. The summed E-state index contributed by atoms with van der Waals surface area (Å²) in [6, 6.07) is 24.4. The Balaban J connectivity index is 1.63. The van der Waals surface area contributed by atoms with Gasteiger partial charge in [-0.15, -0.1) is 21.5 Å². The largest absolute Gasteiger partial charge is 0.247 e. The predicted molar refractivity (Wildman–Crippen MR) is 109 cm³/mol. The predicted octanol–water partition coefficient (Wildman–Crippen LogP) is 6.23. The van der Waals surface area contributed by atoms with Crippen molar-refractivity contribution in [3.05, 3.63) is 77.9 Å². The maximum Gasteiger partial charge on any atom is 0.159 e. The van der Waals surface area contributed by atoms with Crippen molar-refractivity contribution in [2.45, 2.75) is 0 Å². The molecule has 0 saturated heterocycles. The van der Waals surface area contributed by atoms with Gasteiger partial charge in [0, 0.05) is 16.2 Å². The van der Waals surface area contributed by atoms with Gasteiger partial charge in [0.15, 0.2) is 5.15 Å². The van der Waals surface area contributed by atoms with Crippen LogP contribution >= 0.6 is 22.9 Å². The third kappa shape index (κ3) is 2.55. The number of hydrogen-bond acceptors (Lipinski definition) is 4. The lowest BCUT2D eigenvalue weighted by Crippen LogP contribution is -1.89. The lowest BCUT2D eigenvalue weighted by atomic mass is 10.1. The van der Waals surface area contributed by atoms with Crippen LogP contribution in [0.25, 0.3) is 42.8 Å². The molecule has 5 rings (SSSR count). The lowest BCUT2D eigenvalue weighted by molar-refractivity contribution is 1.06. The van der Waals surface area contributed by atoms with E-state index >= 15 is 0 Å². The molecule has 0 unspecified atom stereocenters. The Kier molecular flexibility index (Phi) is 3.66. The van der Waals surface area contributed by atoms with Crippen LogP contribution in [0, 0.1) is 0 Å². The molecule has 0 fully saturated rings. The maximum absolute atomic E-state index is 6.19. The van der Waals surface area contributed by atoms with E-state index in [1.165, 1.54) is 0 Å². The Morgan fingerprint density at radius 1 is 0.692 bits per heavy atom. The topological polar surface area (TPSA) is 38.7 Å². The van der Waals surface area contributed by atoms with Crippen LogP contribution < -0.4 is 0 Å². The zero-order valence-corrected chi connectivity index (χ0v) is 15.1. The van der Waals surface area contributed by atoms with Gasteiger partial charge in [-0.1, -0.05) is 60.1 Å². The molecule has 3 aromatic heterocycles. The van der Waals surface area contributed by atoms with Gasteiger partial charge in [0.25, 0.3) is 0 Å². The van der Waals surface area contributed by atoms with Crippen LogP contribution in [0.2, 0.25) is 5.15 Å². The summed E-state index contributed by atoms with van der Waals surface area (Å²) in [4.78, 5) is 6.94. The van der Waals surface area contributed by atoms with Crippen molar-refractivity contribution in [2.24, 2.45) is 0 Å². The van der Waals surface area contributed by atoms with Crippen LogP contribution in [0.1, 0.15) is 0 Å². The first-order valence-electron chi connectivity index (χ1n) is 8.17. The van der Waals surface area contributed by atoms with E-state index in [0.717, 1.165) is 42.8 Å². The highest BCUT2D eigenvalue weighted by atomic mass is 35.5. The average Bonchev–Trinajstić information content (AvgIpc) is 3.18. The fourth-order valence-corrected chi connectivity index (χ4v) is 4.24. The second-order valence-electron chi connectivity index (χ2n) is 5.94. The van der Waals surface area contributed by atoms with Gasteiger partial charge in [0.1, 0.15) is 5.69 Å². The fourth-order valence-electron chi connectivity index (χ4n) is 3.06. The molecule has 0 bridgehead atoms. The van der Waals surface area contributed by atoms with Gasteiger partial charge in [0.2, 0.25) is 0 Å². The first kappa shape index (κ1) is 15.4. The normalized spacial score (nSPS) is 11.3. The smallest absolute Gasteiger partial charge is 0.159 e. The lowest BCUT2D eigenvalue weighted by Gasteiger charge is -2.04. The Morgan fingerprint density at radius 2 is 1.46 bits per heavy atom. The van der Waals surface area contributed by atoms with Gasteiger partial charge in [-0.3, -0.25) is 0 Å². The number of rotatable bonds is 2. The molecule has 0 saturated carbocycles. The molecule has 0 aliphatic rings. The summed E-state index contributed by atoms with van der Waals surface area (Å²) in [6.45, 7) is 0. The highest BCUT2D eigenvalue weighted by Gasteiger charge is 2.13. The molecule has 124 valence electrons. The van der Waals surface area contributed by atoms with Crippen molar-refractivity contribution >= 4 is 44.6 Å². The SMILES string of the molecule is Clc1nnc(-c2ccc(-c3ccc4ccccc4n3)s2)c2ccccc12. The van der Waals surface area contributed by atoms with Crippen molar-refractivity contribution in [3.8, 4) is 21.1 Å². The van der Waals surface area contributed by atoms with E-state index < -0.39 is 0 Å². The molecule has 0 aliphatic heterocycles. The van der Waals surface area contributed by atoms with E-state index in [-0.39, 0.29) is 0 Å². The van der Waals surface area contributed by atoms with Crippen LogP contribution in [0.5, 0.6) is 0 Å². The molecular weight excluding hydrogens is 362 g/mol. The van der Waals surface area contributed by atoms with Gasteiger partial charge in [-0.05, 0) is 24.3 Å². The fraction of sp³-hybridized carbons (Fsp3) is 0. The molecule has 0 amide bonds. The standard InChI is InChI=1S/C21H12ClN3S/c22-21-15-7-3-2-6-14(15)20(24-25-21)19-12-11-18(26-19)17-10-9-13-5-1-4-8-16(13)23-17/h1-12H. The molecule has 5 aromatic rings. The maximum atomic E-state index is 6.19. The zero-order valence-electron chi connectivity index (χ0n) is 13.6. The Labute approximate surface area is 158 Å². The second-order valence-corrected chi connectivity index (χ2v) is 7.38. The van der Waals surface area contributed by atoms with Gasteiger partial charge < -0.3 is 0 Å². The summed E-state index contributed by atoms with van der Waals surface area (Å²) >= 11 is 7.85. The van der Waals surface area contributed by atoms with Crippen LogP contribution in [0.15, 0.2) is 72.8 Å². The molecular formula is C21H12ClN3S. The molecule has 3 heterocycles.